The number of carbonyl (C=O) groups is 2. The fraction of sp³-hybridized carbons (Fsp3) is 0.167. The van der Waals surface area contributed by atoms with Gasteiger partial charge in [-0.05, 0) is 42.0 Å². The van der Waals surface area contributed by atoms with Gasteiger partial charge in [0.15, 0.2) is 5.78 Å². The second-order valence-corrected chi connectivity index (χ2v) is 4.42. The molecule has 0 atom stereocenters. The number of hydrogen-bond acceptors (Lipinski definition) is 3. The van der Waals surface area contributed by atoms with Crippen LogP contribution in [0.3, 0.4) is 0 Å². The van der Waals surface area contributed by atoms with E-state index < -0.39 is 0 Å². The molecule has 0 saturated carbocycles. The first-order valence-corrected chi connectivity index (χ1v) is 5.54. The van der Waals surface area contributed by atoms with Crippen LogP contribution in [-0.2, 0) is 4.79 Å². The predicted molar refractivity (Wildman–Crippen MR) is 61.5 cm³/mol. The first kappa shape index (κ1) is 10.1. The lowest BCUT2D eigenvalue weighted by Crippen LogP contribution is -2.04. The molecule has 2 nitrogen and oxygen atoms in total. The van der Waals surface area contributed by atoms with Gasteiger partial charge in [0.2, 0.25) is 0 Å². The normalized spacial score (nSPS) is 10.5. The van der Waals surface area contributed by atoms with Gasteiger partial charge < -0.3 is 0 Å². The molecule has 1 aromatic heterocycles. The molecule has 2 rings (SSSR count). The summed E-state index contributed by atoms with van der Waals surface area (Å²) in [4.78, 5) is 22.4. The van der Waals surface area contributed by atoms with Crippen LogP contribution in [0.4, 0.5) is 0 Å². The third-order valence-corrected chi connectivity index (χ3v) is 3.08. The Morgan fingerprint density at radius 3 is 2.80 bits per heavy atom. The molecule has 76 valence electrons. The summed E-state index contributed by atoms with van der Waals surface area (Å²) in [5, 5.41) is 3.05. The quantitative estimate of drug-likeness (QED) is 0.586. The largest absolute Gasteiger partial charge is 0.300 e. The SMILES string of the molecule is CC(=O)CC(=O)c1ccc2sccc2c1. The fourth-order valence-electron chi connectivity index (χ4n) is 1.47. The smallest absolute Gasteiger partial charge is 0.170 e. The van der Waals surface area contributed by atoms with E-state index in [1.54, 1.807) is 17.4 Å². The molecular weight excluding hydrogens is 208 g/mol. The van der Waals surface area contributed by atoms with Crippen molar-refractivity contribution < 1.29 is 9.59 Å². The van der Waals surface area contributed by atoms with Crippen LogP contribution in [0, 0.1) is 0 Å². The van der Waals surface area contributed by atoms with E-state index in [9.17, 15) is 9.59 Å². The molecular formula is C12H10O2S. The zero-order valence-electron chi connectivity index (χ0n) is 8.32. The number of benzene rings is 1. The van der Waals surface area contributed by atoms with E-state index in [1.807, 2.05) is 23.6 Å². The van der Waals surface area contributed by atoms with Crippen molar-refractivity contribution in [2.45, 2.75) is 13.3 Å². The maximum atomic E-state index is 11.6. The average molecular weight is 218 g/mol. The Labute approximate surface area is 91.5 Å². The summed E-state index contributed by atoms with van der Waals surface area (Å²) < 4.78 is 1.16. The number of Topliss-reactive ketones (excluding diaryl/α,β-unsaturated/α-hetero) is 2. The molecule has 0 aliphatic heterocycles. The maximum absolute atomic E-state index is 11.6. The van der Waals surface area contributed by atoms with Crippen LogP contribution in [0.15, 0.2) is 29.6 Å². The van der Waals surface area contributed by atoms with Gasteiger partial charge in [0.25, 0.3) is 0 Å². The lowest BCUT2D eigenvalue weighted by Gasteiger charge is -1.98. The van der Waals surface area contributed by atoms with Crippen LogP contribution in [0.1, 0.15) is 23.7 Å². The summed E-state index contributed by atoms with van der Waals surface area (Å²) in [7, 11) is 0. The number of ketones is 2. The van der Waals surface area contributed by atoms with Gasteiger partial charge in [-0.15, -0.1) is 11.3 Å². The highest BCUT2D eigenvalue weighted by Crippen LogP contribution is 2.22. The molecule has 0 amide bonds. The van der Waals surface area contributed by atoms with Crippen molar-refractivity contribution in [3.05, 3.63) is 35.2 Å². The summed E-state index contributed by atoms with van der Waals surface area (Å²) in [6.45, 7) is 1.43. The summed E-state index contributed by atoms with van der Waals surface area (Å²) in [6, 6.07) is 7.53. The molecule has 0 N–H and O–H groups in total. The Morgan fingerprint density at radius 2 is 2.07 bits per heavy atom. The van der Waals surface area contributed by atoms with E-state index in [2.05, 4.69) is 0 Å². The van der Waals surface area contributed by atoms with Gasteiger partial charge in [0.1, 0.15) is 5.78 Å². The number of hydrogen-bond donors (Lipinski definition) is 0. The van der Waals surface area contributed by atoms with Gasteiger partial charge in [0.05, 0.1) is 6.42 Å². The molecule has 3 heteroatoms. The first-order valence-electron chi connectivity index (χ1n) is 4.67. The van der Waals surface area contributed by atoms with Gasteiger partial charge in [-0.2, -0.15) is 0 Å². The minimum absolute atomic E-state index is 0.00432. The Balaban J connectivity index is 2.35. The van der Waals surface area contributed by atoms with E-state index >= 15 is 0 Å². The van der Waals surface area contributed by atoms with Crippen molar-refractivity contribution in [2.24, 2.45) is 0 Å². The monoisotopic (exact) mass is 218 g/mol. The first-order chi connectivity index (χ1) is 7.16. The molecule has 0 fully saturated rings. The molecule has 15 heavy (non-hydrogen) atoms. The zero-order chi connectivity index (χ0) is 10.8. The minimum Gasteiger partial charge on any atom is -0.300 e. The average Bonchev–Trinajstić information content (AvgIpc) is 2.62. The van der Waals surface area contributed by atoms with Crippen molar-refractivity contribution in [2.75, 3.05) is 0 Å². The standard InChI is InChI=1S/C12H10O2S/c1-8(13)6-11(14)9-2-3-12-10(7-9)4-5-15-12/h2-5,7H,6H2,1H3. The summed E-state index contributed by atoms with van der Waals surface area (Å²) >= 11 is 1.64. The zero-order valence-corrected chi connectivity index (χ0v) is 9.14. The van der Waals surface area contributed by atoms with Gasteiger partial charge in [-0.3, -0.25) is 9.59 Å². The molecule has 0 aliphatic rings. The third kappa shape index (κ3) is 2.13. The third-order valence-electron chi connectivity index (χ3n) is 2.18. The second kappa shape index (κ2) is 3.95. The van der Waals surface area contributed by atoms with Crippen LogP contribution in [0.25, 0.3) is 10.1 Å². The number of carbonyl (C=O) groups excluding carboxylic acids is 2. The Morgan fingerprint density at radius 1 is 1.27 bits per heavy atom. The molecule has 0 radical (unpaired) electrons. The van der Waals surface area contributed by atoms with E-state index in [1.165, 1.54) is 6.92 Å². The summed E-state index contributed by atoms with van der Waals surface area (Å²) in [5.41, 5.74) is 0.621. The molecule has 1 aromatic carbocycles. The van der Waals surface area contributed by atoms with Crippen LogP contribution >= 0.6 is 11.3 Å². The van der Waals surface area contributed by atoms with Gasteiger partial charge in [-0.1, -0.05) is 0 Å². The second-order valence-electron chi connectivity index (χ2n) is 3.48. The topological polar surface area (TPSA) is 34.1 Å². The summed E-state index contributed by atoms with van der Waals surface area (Å²) in [5.74, 6) is -0.194. The van der Waals surface area contributed by atoms with E-state index in [0.717, 1.165) is 10.1 Å². The van der Waals surface area contributed by atoms with E-state index in [4.69, 9.17) is 0 Å². The van der Waals surface area contributed by atoms with Crippen molar-refractivity contribution in [1.82, 2.24) is 0 Å². The van der Waals surface area contributed by atoms with Crippen molar-refractivity contribution in [1.29, 1.82) is 0 Å². The lowest BCUT2D eigenvalue weighted by atomic mass is 10.1. The van der Waals surface area contributed by atoms with E-state index in [0.29, 0.717) is 5.56 Å². The van der Waals surface area contributed by atoms with Gasteiger partial charge in [0, 0.05) is 10.3 Å². The molecule has 2 aromatic rings. The minimum atomic E-state index is -0.101. The van der Waals surface area contributed by atoms with Gasteiger partial charge in [-0.25, -0.2) is 0 Å². The van der Waals surface area contributed by atoms with Crippen molar-refractivity contribution in [3.63, 3.8) is 0 Å². The van der Waals surface area contributed by atoms with Crippen LogP contribution in [0.5, 0.6) is 0 Å². The predicted octanol–water partition coefficient (Wildman–Crippen LogP) is 3.06. The van der Waals surface area contributed by atoms with Crippen molar-refractivity contribution >= 4 is 33.0 Å². The molecule has 0 spiro atoms. The Kier molecular flexibility index (Phi) is 2.64. The highest BCUT2D eigenvalue weighted by Gasteiger charge is 2.09. The Hall–Kier alpha value is -1.48. The summed E-state index contributed by atoms with van der Waals surface area (Å²) in [6.07, 6.45) is -0.00432. The lowest BCUT2D eigenvalue weighted by molar-refractivity contribution is -0.116. The number of thiophene rings is 1. The molecule has 0 bridgehead atoms. The highest BCUT2D eigenvalue weighted by atomic mass is 32.1. The molecule has 1 heterocycles. The van der Waals surface area contributed by atoms with Crippen LogP contribution < -0.4 is 0 Å². The highest BCUT2D eigenvalue weighted by molar-refractivity contribution is 7.17. The molecule has 0 aliphatic carbocycles. The van der Waals surface area contributed by atoms with Crippen LogP contribution in [-0.4, -0.2) is 11.6 Å². The van der Waals surface area contributed by atoms with Crippen molar-refractivity contribution in [3.8, 4) is 0 Å². The van der Waals surface area contributed by atoms with Gasteiger partial charge >= 0.3 is 0 Å². The molecule has 0 unspecified atom stereocenters. The number of rotatable bonds is 3. The number of fused-ring (bicyclic) bond motifs is 1. The fourth-order valence-corrected chi connectivity index (χ4v) is 2.24. The maximum Gasteiger partial charge on any atom is 0.170 e. The molecule has 0 saturated heterocycles. The Bertz CT molecular complexity index is 525. The van der Waals surface area contributed by atoms with Crippen LogP contribution in [0.2, 0.25) is 0 Å². The van der Waals surface area contributed by atoms with E-state index in [-0.39, 0.29) is 18.0 Å².